The van der Waals surface area contributed by atoms with E-state index in [1.807, 2.05) is 0 Å². The van der Waals surface area contributed by atoms with Crippen LogP contribution in [0.2, 0.25) is 0 Å². The third-order valence-electron chi connectivity index (χ3n) is 3.04. The molecule has 6 heteroatoms. The molecule has 0 aliphatic carbocycles. The van der Waals surface area contributed by atoms with Crippen molar-refractivity contribution in [3.63, 3.8) is 0 Å². The Bertz CT molecular complexity index is 434. The van der Waals surface area contributed by atoms with Gasteiger partial charge in [0.15, 0.2) is 0 Å². The van der Waals surface area contributed by atoms with Gasteiger partial charge in [-0.2, -0.15) is 0 Å². The predicted octanol–water partition coefficient (Wildman–Crippen LogP) is -0.0235. The lowest BCUT2D eigenvalue weighted by molar-refractivity contribution is 0.0821. The molecule has 0 spiro atoms. The number of nitrogens with one attached hydrogen (secondary N) is 1. The Morgan fingerprint density at radius 2 is 2.28 bits per heavy atom. The number of aromatic nitrogens is 2. The molecule has 1 saturated heterocycles. The molecule has 1 aliphatic rings. The summed E-state index contributed by atoms with van der Waals surface area (Å²) in [4.78, 5) is 24.1. The zero-order valence-corrected chi connectivity index (χ0v) is 11.1. The van der Waals surface area contributed by atoms with Gasteiger partial charge in [0, 0.05) is 39.8 Å². The van der Waals surface area contributed by atoms with Gasteiger partial charge in [-0.1, -0.05) is 0 Å². The van der Waals surface area contributed by atoms with Crippen LogP contribution in [0.3, 0.4) is 0 Å². The van der Waals surface area contributed by atoms with E-state index in [1.165, 1.54) is 11.1 Å². The highest BCUT2D eigenvalue weighted by Crippen LogP contribution is 2.15. The first-order valence-electron chi connectivity index (χ1n) is 6.10. The molecule has 0 radical (unpaired) electrons. The normalized spacial score (nSPS) is 19.7. The van der Waals surface area contributed by atoms with Gasteiger partial charge >= 0.3 is 0 Å². The average Bonchev–Trinajstić information content (AvgIpc) is 2.38. The summed E-state index contributed by atoms with van der Waals surface area (Å²) in [7, 11) is 3.42. The number of carbonyl (C=O) groups is 1. The fourth-order valence-electron chi connectivity index (χ4n) is 2.01. The van der Waals surface area contributed by atoms with Crippen LogP contribution in [0.1, 0.15) is 17.4 Å². The van der Waals surface area contributed by atoms with Crippen molar-refractivity contribution in [1.29, 1.82) is 0 Å². The van der Waals surface area contributed by atoms with Gasteiger partial charge in [0.25, 0.3) is 5.91 Å². The van der Waals surface area contributed by atoms with E-state index >= 15 is 0 Å². The molecule has 1 aromatic rings. The fraction of sp³-hybridized carbons (Fsp3) is 0.583. The van der Waals surface area contributed by atoms with Crippen LogP contribution in [0.15, 0.2) is 12.4 Å². The van der Waals surface area contributed by atoms with Crippen molar-refractivity contribution in [2.24, 2.45) is 0 Å². The third-order valence-corrected chi connectivity index (χ3v) is 3.04. The maximum absolute atomic E-state index is 11.9. The molecule has 1 N–H and O–H groups in total. The number of anilines is 1. The summed E-state index contributed by atoms with van der Waals surface area (Å²) >= 11 is 0. The van der Waals surface area contributed by atoms with Crippen molar-refractivity contribution in [1.82, 2.24) is 20.2 Å². The van der Waals surface area contributed by atoms with Gasteiger partial charge in [0.05, 0.1) is 12.4 Å². The van der Waals surface area contributed by atoms with E-state index in [9.17, 15) is 4.79 Å². The minimum Gasteiger partial charge on any atom is -0.350 e. The fourth-order valence-corrected chi connectivity index (χ4v) is 2.01. The largest absolute Gasteiger partial charge is 0.350 e. The van der Waals surface area contributed by atoms with Gasteiger partial charge < -0.3 is 15.1 Å². The maximum atomic E-state index is 11.9. The molecule has 0 bridgehead atoms. The SMILES string of the molecule is C[C@H]1CNCCN1c1cncc(C(=O)N(C)C)n1. The van der Waals surface area contributed by atoms with E-state index in [1.54, 1.807) is 20.3 Å². The summed E-state index contributed by atoms with van der Waals surface area (Å²) in [6, 6.07) is 0.359. The van der Waals surface area contributed by atoms with E-state index in [0.29, 0.717) is 11.7 Å². The Morgan fingerprint density at radius 3 is 2.94 bits per heavy atom. The molecular weight excluding hydrogens is 230 g/mol. The number of hydrogen-bond donors (Lipinski definition) is 1. The number of amides is 1. The Labute approximate surface area is 107 Å². The average molecular weight is 249 g/mol. The van der Waals surface area contributed by atoms with Crippen LogP contribution in [-0.2, 0) is 0 Å². The van der Waals surface area contributed by atoms with Gasteiger partial charge in [0.1, 0.15) is 11.5 Å². The number of piperazine rings is 1. The molecule has 0 aromatic carbocycles. The molecule has 1 aromatic heterocycles. The number of nitrogens with zero attached hydrogens (tertiary/aromatic N) is 4. The van der Waals surface area contributed by atoms with E-state index in [-0.39, 0.29) is 5.91 Å². The van der Waals surface area contributed by atoms with Crippen molar-refractivity contribution in [2.75, 3.05) is 38.6 Å². The quantitative estimate of drug-likeness (QED) is 0.798. The highest BCUT2D eigenvalue weighted by atomic mass is 16.2. The van der Waals surface area contributed by atoms with Crippen molar-refractivity contribution in [2.45, 2.75) is 13.0 Å². The van der Waals surface area contributed by atoms with Crippen molar-refractivity contribution < 1.29 is 4.79 Å². The predicted molar refractivity (Wildman–Crippen MR) is 69.7 cm³/mol. The van der Waals surface area contributed by atoms with Crippen molar-refractivity contribution >= 4 is 11.7 Å². The summed E-state index contributed by atoms with van der Waals surface area (Å²) in [5, 5.41) is 3.32. The molecule has 2 rings (SSSR count). The van der Waals surface area contributed by atoms with E-state index in [0.717, 1.165) is 25.5 Å². The lowest BCUT2D eigenvalue weighted by Gasteiger charge is -2.34. The lowest BCUT2D eigenvalue weighted by Crippen LogP contribution is -2.50. The first kappa shape index (κ1) is 12.8. The minimum atomic E-state index is -0.118. The van der Waals surface area contributed by atoms with Gasteiger partial charge in [-0.25, -0.2) is 4.98 Å². The standard InChI is InChI=1S/C12H19N5O/c1-9-6-13-4-5-17(9)11-8-14-7-10(15-11)12(18)16(2)3/h7-9,13H,4-6H2,1-3H3/t9-/m0/s1. The van der Waals surface area contributed by atoms with Crippen LogP contribution in [-0.4, -0.2) is 60.5 Å². The highest BCUT2D eigenvalue weighted by Gasteiger charge is 2.21. The van der Waals surface area contributed by atoms with Crippen LogP contribution in [0, 0.1) is 0 Å². The molecule has 1 atom stereocenters. The van der Waals surface area contributed by atoms with E-state index in [4.69, 9.17) is 0 Å². The van der Waals surface area contributed by atoms with Crippen LogP contribution >= 0.6 is 0 Å². The van der Waals surface area contributed by atoms with Gasteiger partial charge in [-0.3, -0.25) is 9.78 Å². The van der Waals surface area contributed by atoms with Gasteiger partial charge in [0.2, 0.25) is 0 Å². The number of hydrogen-bond acceptors (Lipinski definition) is 5. The van der Waals surface area contributed by atoms with Gasteiger partial charge in [-0.15, -0.1) is 0 Å². The second kappa shape index (κ2) is 5.30. The van der Waals surface area contributed by atoms with Crippen LogP contribution < -0.4 is 10.2 Å². The van der Waals surface area contributed by atoms with Gasteiger partial charge in [-0.05, 0) is 6.92 Å². The van der Waals surface area contributed by atoms with Crippen molar-refractivity contribution in [3.05, 3.63) is 18.1 Å². The molecule has 98 valence electrons. The molecule has 1 aliphatic heterocycles. The van der Waals surface area contributed by atoms with E-state index in [2.05, 4.69) is 27.1 Å². The Balaban J connectivity index is 2.23. The summed E-state index contributed by atoms with van der Waals surface area (Å²) < 4.78 is 0. The van der Waals surface area contributed by atoms with Crippen LogP contribution in [0.5, 0.6) is 0 Å². The Kier molecular flexibility index (Phi) is 3.76. The monoisotopic (exact) mass is 249 g/mol. The van der Waals surface area contributed by atoms with E-state index < -0.39 is 0 Å². The molecule has 1 fully saturated rings. The number of rotatable bonds is 2. The van der Waals surface area contributed by atoms with Crippen LogP contribution in [0.25, 0.3) is 0 Å². The molecular formula is C12H19N5O. The minimum absolute atomic E-state index is 0.118. The smallest absolute Gasteiger partial charge is 0.273 e. The Hall–Kier alpha value is -1.69. The molecule has 0 unspecified atom stereocenters. The summed E-state index contributed by atoms with van der Waals surface area (Å²) in [5.41, 5.74) is 0.392. The molecule has 0 saturated carbocycles. The zero-order valence-electron chi connectivity index (χ0n) is 11.1. The second-order valence-corrected chi connectivity index (χ2v) is 4.71. The highest BCUT2D eigenvalue weighted by molar-refractivity contribution is 5.91. The van der Waals surface area contributed by atoms with Crippen molar-refractivity contribution in [3.8, 4) is 0 Å². The van der Waals surface area contributed by atoms with Crippen LogP contribution in [0.4, 0.5) is 5.82 Å². The summed E-state index contributed by atoms with van der Waals surface area (Å²) in [6.07, 6.45) is 3.23. The molecule has 1 amide bonds. The summed E-state index contributed by atoms with van der Waals surface area (Å²) in [5.74, 6) is 0.656. The Morgan fingerprint density at radius 1 is 1.50 bits per heavy atom. The number of carbonyl (C=O) groups excluding carboxylic acids is 1. The topological polar surface area (TPSA) is 61.4 Å². The maximum Gasteiger partial charge on any atom is 0.273 e. The molecule has 18 heavy (non-hydrogen) atoms. The second-order valence-electron chi connectivity index (χ2n) is 4.71. The summed E-state index contributed by atoms with van der Waals surface area (Å²) in [6.45, 7) is 4.87. The third kappa shape index (κ3) is 2.59. The molecule has 2 heterocycles. The first-order chi connectivity index (χ1) is 8.59. The first-order valence-corrected chi connectivity index (χ1v) is 6.10. The lowest BCUT2D eigenvalue weighted by atomic mass is 10.2. The molecule has 6 nitrogen and oxygen atoms in total. The zero-order chi connectivity index (χ0) is 13.1.